The third-order valence-corrected chi connectivity index (χ3v) is 7.31. The summed E-state index contributed by atoms with van der Waals surface area (Å²) < 4.78 is 15.2. The second kappa shape index (κ2) is 12.5. The van der Waals surface area contributed by atoms with Crippen LogP contribution in [0.5, 0.6) is 17.2 Å². The number of nitrogens with one attached hydrogen (secondary N) is 1. The number of carbonyl (C=O) groups excluding carboxylic acids is 1. The van der Waals surface area contributed by atoms with E-state index in [2.05, 4.69) is 15.3 Å². The maximum absolute atomic E-state index is 13.2. The molecule has 43 heavy (non-hydrogen) atoms. The number of carbonyl (C=O) groups is 1. The first-order valence-corrected chi connectivity index (χ1v) is 14.1. The molecule has 0 aliphatic carbocycles. The molecule has 0 bridgehead atoms. The number of ether oxygens (including phenoxy) is 2. The van der Waals surface area contributed by atoms with E-state index >= 15 is 0 Å². The molecule has 3 aromatic heterocycles. The predicted octanol–water partition coefficient (Wildman–Crippen LogP) is 5.35. The molecule has 0 spiro atoms. The van der Waals surface area contributed by atoms with Gasteiger partial charge in [-0.3, -0.25) is 19.3 Å². The average molecular weight is 582 g/mol. The van der Waals surface area contributed by atoms with Crippen LogP contribution in [0.4, 0.5) is 5.82 Å². The molecular weight excluding hydrogens is 550 g/mol. The Bertz CT molecular complexity index is 1790. The lowest BCUT2D eigenvalue weighted by molar-refractivity contribution is -0.321. The van der Waals surface area contributed by atoms with Crippen LogP contribution >= 0.6 is 0 Å². The largest absolute Gasteiger partial charge is 0.491 e. The fourth-order valence-corrected chi connectivity index (χ4v) is 4.96. The molecule has 220 valence electrons. The molecule has 6 rings (SSSR count). The van der Waals surface area contributed by atoms with Crippen LogP contribution in [0.25, 0.3) is 16.6 Å². The third kappa shape index (κ3) is 6.13. The smallest absolute Gasteiger partial charge is 0.284 e. The quantitative estimate of drug-likeness (QED) is 0.244. The Kier molecular flexibility index (Phi) is 8.16. The molecule has 0 radical (unpaired) electrons. The zero-order valence-corrected chi connectivity index (χ0v) is 23.9. The fraction of sp³-hybridized carbons (Fsp3) is 0.250. The Morgan fingerprint density at radius 2 is 1.88 bits per heavy atom. The summed E-state index contributed by atoms with van der Waals surface area (Å²) in [5, 5.41) is 3.53. The van der Waals surface area contributed by atoms with Crippen LogP contribution in [-0.2, 0) is 16.8 Å². The summed E-state index contributed by atoms with van der Waals surface area (Å²) in [6, 6.07) is 19.9. The number of nitrogens with zero attached hydrogens (tertiary/aromatic N) is 4. The van der Waals surface area contributed by atoms with Gasteiger partial charge in [-0.25, -0.2) is 19.4 Å². The second-order valence-corrected chi connectivity index (χ2v) is 10.2. The van der Waals surface area contributed by atoms with Gasteiger partial charge in [-0.2, -0.15) is 0 Å². The Morgan fingerprint density at radius 3 is 2.70 bits per heavy atom. The van der Waals surface area contributed by atoms with Crippen molar-refractivity contribution >= 4 is 22.6 Å². The van der Waals surface area contributed by atoms with E-state index in [4.69, 9.17) is 19.2 Å². The molecule has 11 heteroatoms. The van der Waals surface area contributed by atoms with Crippen LogP contribution in [-0.4, -0.2) is 44.6 Å². The highest BCUT2D eigenvalue weighted by Gasteiger charge is 2.22. The molecule has 1 aliphatic rings. The third-order valence-electron chi connectivity index (χ3n) is 7.31. The van der Waals surface area contributed by atoms with Crippen molar-refractivity contribution in [2.75, 3.05) is 18.5 Å². The lowest BCUT2D eigenvalue weighted by Gasteiger charge is -2.15. The van der Waals surface area contributed by atoms with Gasteiger partial charge in [-0.15, -0.1) is 0 Å². The van der Waals surface area contributed by atoms with Crippen LogP contribution < -0.4 is 20.3 Å². The van der Waals surface area contributed by atoms with Gasteiger partial charge >= 0.3 is 0 Å². The number of hydrogen-bond donors (Lipinski definition) is 1. The number of benzene rings is 2. The standard InChI is InChI=1S/C32H31N5O6/c1-21-30(32(39)37(36(21)2)22-8-4-3-5-9-22)31(38)35-29-14-12-24(19-34-29)42-28-15-16-33-27-18-23(11-13-26(27)28)40-20-25-10-6-7-17-41-43-25/h3-5,8-9,11-16,18-19,25H,6-7,10,17,20H2,1-2H3,(H,34,35,38). The zero-order valence-electron chi connectivity index (χ0n) is 23.9. The monoisotopic (exact) mass is 581 g/mol. The maximum atomic E-state index is 13.2. The molecule has 1 atom stereocenters. The van der Waals surface area contributed by atoms with Crippen molar-refractivity contribution in [3.05, 3.63) is 101 Å². The normalized spacial score (nSPS) is 15.2. The average Bonchev–Trinajstić information content (AvgIpc) is 3.18. The van der Waals surface area contributed by atoms with Crippen molar-refractivity contribution in [3.8, 4) is 22.9 Å². The lowest BCUT2D eigenvalue weighted by atomic mass is 10.1. The van der Waals surface area contributed by atoms with Crippen LogP contribution in [0.15, 0.2) is 83.9 Å². The van der Waals surface area contributed by atoms with Gasteiger partial charge in [-0.1, -0.05) is 18.2 Å². The Balaban J connectivity index is 1.13. The Morgan fingerprint density at radius 1 is 1.05 bits per heavy atom. The van der Waals surface area contributed by atoms with Crippen LogP contribution in [0.3, 0.4) is 0 Å². The van der Waals surface area contributed by atoms with Gasteiger partial charge in [0.1, 0.15) is 41.3 Å². The van der Waals surface area contributed by atoms with Gasteiger partial charge in [0, 0.05) is 24.7 Å². The first-order chi connectivity index (χ1) is 21.0. The van der Waals surface area contributed by atoms with E-state index in [-0.39, 0.29) is 17.5 Å². The highest BCUT2D eigenvalue weighted by atomic mass is 17.2. The highest BCUT2D eigenvalue weighted by Crippen LogP contribution is 2.31. The minimum Gasteiger partial charge on any atom is -0.491 e. The van der Waals surface area contributed by atoms with E-state index < -0.39 is 11.5 Å². The molecule has 4 heterocycles. The molecule has 5 aromatic rings. The summed E-state index contributed by atoms with van der Waals surface area (Å²) in [4.78, 5) is 45.6. The highest BCUT2D eigenvalue weighted by molar-refractivity contribution is 6.04. The maximum Gasteiger partial charge on any atom is 0.284 e. The number of hydrogen-bond acceptors (Lipinski definition) is 8. The minimum absolute atomic E-state index is 0.0511. The Labute approximate surface area is 247 Å². The predicted molar refractivity (Wildman–Crippen MR) is 160 cm³/mol. The first kappa shape index (κ1) is 28.1. The summed E-state index contributed by atoms with van der Waals surface area (Å²) >= 11 is 0. The molecule has 0 saturated carbocycles. The number of anilines is 1. The number of amides is 1. The van der Waals surface area contributed by atoms with Crippen molar-refractivity contribution in [3.63, 3.8) is 0 Å². The van der Waals surface area contributed by atoms with Gasteiger partial charge in [-0.05, 0) is 68.7 Å². The van der Waals surface area contributed by atoms with E-state index in [0.29, 0.717) is 47.4 Å². The number of fused-ring (bicyclic) bond motifs is 1. The van der Waals surface area contributed by atoms with Crippen molar-refractivity contribution in [2.45, 2.75) is 32.3 Å². The van der Waals surface area contributed by atoms with Crippen molar-refractivity contribution < 1.29 is 24.0 Å². The molecule has 1 aliphatic heterocycles. The molecule has 1 unspecified atom stereocenters. The second-order valence-electron chi connectivity index (χ2n) is 10.2. The fourth-order valence-electron chi connectivity index (χ4n) is 4.96. The van der Waals surface area contributed by atoms with Crippen LogP contribution in [0, 0.1) is 6.92 Å². The van der Waals surface area contributed by atoms with Crippen molar-refractivity contribution in [1.29, 1.82) is 0 Å². The summed E-state index contributed by atoms with van der Waals surface area (Å²) in [7, 11) is 1.74. The lowest BCUT2D eigenvalue weighted by Crippen LogP contribution is -2.25. The number of aromatic nitrogens is 4. The van der Waals surface area contributed by atoms with Gasteiger partial charge in [0.05, 0.1) is 29.7 Å². The van der Waals surface area contributed by atoms with E-state index in [9.17, 15) is 9.59 Å². The summed E-state index contributed by atoms with van der Waals surface area (Å²) in [5.74, 6) is 1.49. The van der Waals surface area contributed by atoms with Crippen LogP contribution in [0.1, 0.15) is 35.3 Å². The molecule has 11 nitrogen and oxygen atoms in total. The first-order valence-electron chi connectivity index (χ1n) is 14.1. The topological polar surface area (TPSA) is 119 Å². The Hall–Kier alpha value is -5.00. The molecule has 1 N–H and O–H groups in total. The van der Waals surface area contributed by atoms with Crippen molar-refractivity contribution in [1.82, 2.24) is 19.3 Å². The van der Waals surface area contributed by atoms with E-state index in [0.717, 1.165) is 24.6 Å². The minimum atomic E-state index is -0.537. The SMILES string of the molecule is Cc1c(C(=O)Nc2ccc(Oc3ccnc4cc(OCC5CCCCOO5)ccc34)cn2)c(=O)n(-c2ccccc2)n1C. The number of para-hydroxylation sites is 1. The molecular formula is C32H31N5O6. The van der Waals surface area contributed by atoms with E-state index in [1.165, 1.54) is 10.9 Å². The van der Waals surface area contributed by atoms with Gasteiger partial charge in [0.2, 0.25) is 0 Å². The van der Waals surface area contributed by atoms with Crippen molar-refractivity contribution in [2.24, 2.45) is 7.05 Å². The summed E-state index contributed by atoms with van der Waals surface area (Å²) in [6.07, 6.45) is 5.98. The summed E-state index contributed by atoms with van der Waals surface area (Å²) in [5.41, 5.74) is 1.56. The molecule has 1 saturated heterocycles. The summed E-state index contributed by atoms with van der Waals surface area (Å²) in [6.45, 7) is 2.73. The van der Waals surface area contributed by atoms with E-state index in [1.807, 2.05) is 48.5 Å². The zero-order chi connectivity index (χ0) is 29.8. The van der Waals surface area contributed by atoms with Crippen LogP contribution in [0.2, 0.25) is 0 Å². The molecule has 2 aromatic carbocycles. The number of pyridine rings is 2. The van der Waals surface area contributed by atoms with Gasteiger partial charge in [0.15, 0.2) is 0 Å². The molecule has 1 fully saturated rings. The molecule has 1 amide bonds. The van der Waals surface area contributed by atoms with Gasteiger partial charge < -0.3 is 14.8 Å². The number of rotatable bonds is 8. The van der Waals surface area contributed by atoms with E-state index in [1.54, 1.807) is 43.0 Å². The van der Waals surface area contributed by atoms with Gasteiger partial charge in [0.25, 0.3) is 11.5 Å².